The first-order valence-electron chi connectivity index (χ1n) is 7.90. The molecule has 0 aliphatic carbocycles. The molecule has 26 heavy (non-hydrogen) atoms. The number of non-ortho nitro benzene ring substituents is 1. The minimum Gasteiger partial charge on any atom is -0.366 e. The lowest BCUT2D eigenvalue weighted by atomic mass is 9.85. The van der Waals surface area contributed by atoms with Gasteiger partial charge in [-0.05, 0) is 34.4 Å². The number of nitro benzene ring substituents is 1. The fourth-order valence-electron chi connectivity index (χ4n) is 3.19. The van der Waals surface area contributed by atoms with E-state index in [1.807, 2.05) is 42.5 Å². The smallest absolute Gasteiger partial charge is 0.270 e. The summed E-state index contributed by atoms with van der Waals surface area (Å²) in [6.07, 6.45) is 0. The SMILES string of the molecule is Cc1c(C(N)=O)cc([N+](=O)[O-])cc1C(C#N)c1cccc2ccccc12. The summed E-state index contributed by atoms with van der Waals surface area (Å²) in [5, 5.41) is 23.0. The lowest BCUT2D eigenvalue weighted by Gasteiger charge is -2.17. The Morgan fingerprint density at radius 1 is 1.15 bits per heavy atom. The van der Waals surface area contributed by atoms with Crippen molar-refractivity contribution in [2.45, 2.75) is 12.8 Å². The van der Waals surface area contributed by atoms with E-state index in [1.165, 1.54) is 6.07 Å². The number of carbonyl (C=O) groups is 1. The van der Waals surface area contributed by atoms with Gasteiger partial charge in [0.2, 0.25) is 5.91 Å². The summed E-state index contributed by atoms with van der Waals surface area (Å²) in [6.45, 7) is 1.65. The van der Waals surface area contributed by atoms with Gasteiger partial charge in [-0.2, -0.15) is 5.26 Å². The number of carbonyl (C=O) groups excluding carboxylic acids is 1. The molecule has 0 radical (unpaired) electrons. The number of amides is 1. The van der Waals surface area contributed by atoms with Crippen molar-refractivity contribution in [3.8, 4) is 6.07 Å². The largest absolute Gasteiger partial charge is 0.366 e. The van der Waals surface area contributed by atoms with Crippen molar-refractivity contribution in [3.63, 3.8) is 0 Å². The van der Waals surface area contributed by atoms with Crippen LogP contribution in [0.1, 0.15) is 33.0 Å². The third-order valence-electron chi connectivity index (χ3n) is 4.48. The number of benzene rings is 3. The van der Waals surface area contributed by atoms with Gasteiger partial charge >= 0.3 is 0 Å². The number of primary amides is 1. The van der Waals surface area contributed by atoms with Crippen molar-refractivity contribution in [1.82, 2.24) is 0 Å². The highest BCUT2D eigenvalue weighted by Gasteiger charge is 2.24. The fraction of sp³-hybridized carbons (Fsp3) is 0.100. The van der Waals surface area contributed by atoms with Crippen molar-refractivity contribution < 1.29 is 9.72 Å². The molecule has 6 heteroatoms. The Hall–Kier alpha value is -3.72. The molecule has 0 heterocycles. The average molecular weight is 345 g/mol. The molecule has 0 saturated heterocycles. The minimum atomic E-state index is -0.765. The van der Waals surface area contributed by atoms with Gasteiger partial charge in [-0.3, -0.25) is 14.9 Å². The van der Waals surface area contributed by atoms with Crippen LogP contribution in [0.5, 0.6) is 0 Å². The van der Waals surface area contributed by atoms with Crippen molar-refractivity contribution in [2.24, 2.45) is 5.73 Å². The molecule has 0 aliphatic rings. The molecule has 0 aliphatic heterocycles. The van der Waals surface area contributed by atoms with Gasteiger partial charge in [0.05, 0.1) is 16.9 Å². The number of nitro groups is 1. The molecular formula is C20H15N3O3. The van der Waals surface area contributed by atoms with E-state index < -0.39 is 16.7 Å². The van der Waals surface area contributed by atoms with E-state index in [1.54, 1.807) is 6.92 Å². The minimum absolute atomic E-state index is 0.0506. The molecule has 1 atom stereocenters. The molecule has 3 rings (SSSR count). The van der Waals surface area contributed by atoms with Crippen LogP contribution in [0.3, 0.4) is 0 Å². The summed E-state index contributed by atoms with van der Waals surface area (Å²) in [5.41, 5.74) is 6.78. The molecule has 6 nitrogen and oxygen atoms in total. The zero-order valence-corrected chi connectivity index (χ0v) is 14.0. The Morgan fingerprint density at radius 2 is 1.85 bits per heavy atom. The van der Waals surface area contributed by atoms with E-state index in [2.05, 4.69) is 6.07 Å². The van der Waals surface area contributed by atoms with E-state index in [4.69, 9.17) is 5.73 Å². The molecule has 3 aromatic carbocycles. The Bertz CT molecular complexity index is 1080. The van der Waals surface area contributed by atoms with Gasteiger partial charge in [0, 0.05) is 17.7 Å². The predicted octanol–water partition coefficient (Wildman–Crippen LogP) is 3.81. The summed E-state index contributed by atoms with van der Waals surface area (Å²) >= 11 is 0. The van der Waals surface area contributed by atoms with E-state index >= 15 is 0 Å². The molecule has 3 aromatic rings. The number of nitrogens with zero attached hydrogens (tertiary/aromatic N) is 2. The first-order chi connectivity index (χ1) is 12.4. The van der Waals surface area contributed by atoms with Crippen LogP contribution in [0.2, 0.25) is 0 Å². The molecule has 0 saturated carbocycles. The molecular weight excluding hydrogens is 330 g/mol. The molecule has 0 bridgehead atoms. The molecule has 0 fully saturated rings. The van der Waals surface area contributed by atoms with Gasteiger partial charge in [-0.15, -0.1) is 0 Å². The van der Waals surface area contributed by atoms with Crippen LogP contribution >= 0.6 is 0 Å². The molecule has 1 unspecified atom stereocenters. The van der Waals surface area contributed by atoms with Gasteiger partial charge < -0.3 is 5.73 Å². The maximum Gasteiger partial charge on any atom is 0.270 e. The fourth-order valence-corrected chi connectivity index (χ4v) is 3.19. The first kappa shape index (κ1) is 17.1. The summed E-state index contributed by atoms with van der Waals surface area (Å²) in [6, 6.07) is 17.9. The van der Waals surface area contributed by atoms with Crippen molar-refractivity contribution in [2.75, 3.05) is 0 Å². The lowest BCUT2D eigenvalue weighted by Crippen LogP contribution is -2.15. The second-order valence-electron chi connectivity index (χ2n) is 5.96. The van der Waals surface area contributed by atoms with Crippen LogP contribution in [-0.2, 0) is 0 Å². The van der Waals surface area contributed by atoms with Crippen LogP contribution in [-0.4, -0.2) is 10.8 Å². The standard InChI is InChI=1S/C20H15N3O3/c1-12-17(9-14(23(25)26)10-18(12)20(22)24)19(11-21)16-8-4-6-13-5-2-3-7-15(13)16/h2-10,19H,1H3,(H2,22,24). The van der Waals surface area contributed by atoms with Crippen molar-refractivity contribution >= 4 is 22.4 Å². The molecule has 0 aromatic heterocycles. The predicted molar refractivity (Wildman–Crippen MR) is 97.8 cm³/mol. The lowest BCUT2D eigenvalue weighted by molar-refractivity contribution is -0.385. The summed E-state index contributed by atoms with van der Waals surface area (Å²) in [5.74, 6) is -1.53. The molecule has 0 spiro atoms. The van der Waals surface area contributed by atoms with Crippen molar-refractivity contribution in [3.05, 3.63) is 87.0 Å². The van der Waals surface area contributed by atoms with Crippen molar-refractivity contribution in [1.29, 1.82) is 5.26 Å². The van der Waals surface area contributed by atoms with Gasteiger partial charge in [0.1, 0.15) is 0 Å². The van der Waals surface area contributed by atoms with E-state index in [-0.39, 0.29) is 11.3 Å². The van der Waals surface area contributed by atoms with Crippen LogP contribution in [0, 0.1) is 28.4 Å². The molecule has 2 N–H and O–H groups in total. The van der Waals surface area contributed by atoms with E-state index in [0.29, 0.717) is 11.1 Å². The van der Waals surface area contributed by atoms with E-state index in [0.717, 1.165) is 22.4 Å². The average Bonchev–Trinajstić information content (AvgIpc) is 2.63. The van der Waals surface area contributed by atoms with Crippen LogP contribution in [0.15, 0.2) is 54.6 Å². The Morgan fingerprint density at radius 3 is 2.50 bits per heavy atom. The monoisotopic (exact) mass is 345 g/mol. The zero-order chi connectivity index (χ0) is 18.8. The summed E-state index contributed by atoms with van der Waals surface area (Å²) in [7, 11) is 0. The second-order valence-corrected chi connectivity index (χ2v) is 5.96. The number of hydrogen-bond acceptors (Lipinski definition) is 4. The van der Waals surface area contributed by atoms with Gasteiger partial charge in [-0.25, -0.2) is 0 Å². The first-order valence-corrected chi connectivity index (χ1v) is 7.90. The third kappa shape index (κ3) is 2.87. The highest BCUT2D eigenvalue weighted by Crippen LogP contribution is 2.35. The van der Waals surface area contributed by atoms with E-state index in [9.17, 15) is 20.2 Å². The van der Waals surface area contributed by atoms with Crippen LogP contribution < -0.4 is 5.73 Å². The molecule has 128 valence electrons. The highest BCUT2D eigenvalue weighted by molar-refractivity contribution is 5.95. The van der Waals surface area contributed by atoms with Crippen LogP contribution in [0.4, 0.5) is 5.69 Å². The number of rotatable bonds is 4. The second kappa shape index (κ2) is 6.65. The van der Waals surface area contributed by atoms with Gasteiger partial charge in [0.25, 0.3) is 5.69 Å². The number of fused-ring (bicyclic) bond motifs is 1. The zero-order valence-electron chi connectivity index (χ0n) is 14.0. The maximum atomic E-state index is 11.7. The maximum absolute atomic E-state index is 11.7. The number of nitrogens with two attached hydrogens (primary N) is 1. The third-order valence-corrected chi connectivity index (χ3v) is 4.48. The quantitative estimate of drug-likeness (QED) is 0.572. The number of hydrogen-bond donors (Lipinski definition) is 1. The number of nitriles is 1. The topological polar surface area (TPSA) is 110 Å². The summed E-state index contributed by atoms with van der Waals surface area (Å²) in [4.78, 5) is 22.4. The Labute approximate surface area is 149 Å². The summed E-state index contributed by atoms with van der Waals surface area (Å²) < 4.78 is 0. The molecule has 1 amide bonds. The van der Waals surface area contributed by atoms with Gasteiger partial charge in [0.15, 0.2) is 0 Å². The normalized spacial score (nSPS) is 11.7. The Kier molecular flexibility index (Phi) is 4.38. The highest BCUT2D eigenvalue weighted by atomic mass is 16.6. The van der Waals surface area contributed by atoms with Gasteiger partial charge in [-0.1, -0.05) is 42.5 Å². The Balaban J connectivity index is 2.31. The van der Waals surface area contributed by atoms with Crippen LogP contribution in [0.25, 0.3) is 10.8 Å².